The number of ketones is 3. The first-order chi connectivity index (χ1) is 8.06. The number of rotatable bonds is 11. The minimum atomic E-state index is -0.0332. The quantitative estimate of drug-likeness (QED) is 0.409. The molecule has 0 radical (unpaired) electrons. The Morgan fingerprint density at radius 2 is 1.35 bits per heavy atom. The number of carbonyl (C=O) groups excluding carboxylic acids is 4. The van der Waals surface area contributed by atoms with Crippen LogP contribution in [0.4, 0.5) is 0 Å². The molecular formula is C13H20O4. The van der Waals surface area contributed by atoms with Crippen LogP contribution in [0, 0.1) is 0 Å². The number of hydrogen-bond acceptors (Lipinski definition) is 4. The molecule has 0 aromatic carbocycles. The van der Waals surface area contributed by atoms with Crippen molar-refractivity contribution in [3.05, 3.63) is 0 Å². The van der Waals surface area contributed by atoms with Crippen LogP contribution >= 0.6 is 0 Å². The van der Waals surface area contributed by atoms with Crippen molar-refractivity contribution in [2.75, 3.05) is 0 Å². The zero-order valence-electron chi connectivity index (χ0n) is 10.4. The third-order valence-electron chi connectivity index (χ3n) is 2.46. The van der Waals surface area contributed by atoms with Gasteiger partial charge in [-0.1, -0.05) is 0 Å². The Kier molecular flexibility index (Phi) is 9.11. The van der Waals surface area contributed by atoms with Gasteiger partial charge in [0.1, 0.15) is 23.6 Å². The number of unbranched alkanes of at least 4 members (excludes halogenated alkanes) is 1. The molecule has 4 nitrogen and oxygen atoms in total. The lowest BCUT2D eigenvalue weighted by molar-refractivity contribution is -0.124. The van der Waals surface area contributed by atoms with Crippen molar-refractivity contribution < 1.29 is 19.2 Å². The molecule has 0 aromatic heterocycles. The summed E-state index contributed by atoms with van der Waals surface area (Å²) in [6.07, 6.45) is 4.09. The molecule has 0 N–H and O–H groups in total. The molecule has 0 saturated heterocycles. The molecule has 0 heterocycles. The predicted molar refractivity (Wildman–Crippen MR) is 63.7 cm³/mol. The van der Waals surface area contributed by atoms with Crippen molar-refractivity contribution in [1.29, 1.82) is 0 Å². The van der Waals surface area contributed by atoms with Crippen LogP contribution in [-0.2, 0) is 19.2 Å². The van der Waals surface area contributed by atoms with E-state index in [4.69, 9.17) is 0 Å². The highest BCUT2D eigenvalue weighted by Crippen LogP contribution is 2.06. The monoisotopic (exact) mass is 240 g/mol. The lowest BCUT2D eigenvalue weighted by atomic mass is 10.0. The topological polar surface area (TPSA) is 68.3 Å². The Balaban J connectivity index is 3.49. The summed E-state index contributed by atoms with van der Waals surface area (Å²) in [6, 6.07) is 0. The smallest absolute Gasteiger partial charge is 0.133 e. The highest BCUT2D eigenvalue weighted by Gasteiger charge is 2.07. The molecule has 0 rings (SSSR count). The van der Waals surface area contributed by atoms with Gasteiger partial charge in [0.2, 0.25) is 0 Å². The Labute approximate surface area is 102 Å². The van der Waals surface area contributed by atoms with Crippen LogP contribution in [0.3, 0.4) is 0 Å². The lowest BCUT2D eigenvalue weighted by Gasteiger charge is -2.00. The first-order valence-electron chi connectivity index (χ1n) is 6.02. The normalized spacial score (nSPS) is 9.94. The van der Waals surface area contributed by atoms with Gasteiger partial charge in [-0.15, -0.1) is 0 Å². The van der Waals surface area contributed by atoms with E-state index in [1.807, 2.05) is 0 Å². The molecule has 0 unspecified atom stereocenters. The summed E-state index contributed by atoms with van der Waals surface area (Å²) in [5.41, 5.74) is 0. The summed E-state index contributed by atoms with van der Waals surface area (Å²) in [6.45, 7) is 1.54. The standard InChI is InChI=1S/C13H20O4/c1-11(15)5-2-3-6-12(16)8-9-13(17)7-4-10-14/h10H,2-9H2,1H3. The molecule has 0 aromatic rings. The second-order valence-corrected chi connectivity index (χ2v) is 4.19. The molecule has 0 bridgehead atoms. The van der Waals surface area contributed by atoms with Gasteiger partial charge in [-0.3, -0.25) is 9.59 Å². The predicted octanol–water partition coefficient (Wildman–Crippen LogP) is 2.03. The van der Waals surface area contributed by atoms with Crippen LogP contribution in [0.15, 0.2) is 0 Å². The van der Waals surface area contributed by atoms with Gasteiger partial charge in [0, 0.05) is 38.5 Å². The molecule has 0 atom stereocenters. The van der Waals surface area contributed by atoms with Crippen LogP contribution < -0.4 is 0 Å². The molecule has 0 aliphatic rings. The zero-order valence-corrected chi connectivity index (χ0v) is 10.4. The first-order valence-corrected chi connectivity index (χ1v) is 6.02. The van der Waals surface area contributed by atoms with Gasteiger partial charge in [0.15, 0.2) is 0 Å². The third kappa shape index (κ3) is 11.0. The Morgan fingerprint density at radius 3 is 1.88 bits per heavy atom. The third-order valence-corrected chi connectivity index (χ3v) is 2.46. The maximum Gasteiger partial charge on any atom is 0.133 e. The Hall–Kier alpha value is -1.32. The minimum Gasteiger partial charge on any atom is -0.303 e. The maximum atomic E-state index is 11.4. The van der Waals surface area contributed by atoms with Gasteiger partial charge in [-0.05, 0) is 19.8 Å². The molecule has 17 heavy (non-hydrogen) atoms. The van der Waals surface area contributed by atoms with E-state index in [-0.39, 0.29) is 43.0 Å². The van der Waals surface area contributed by atoms with Crippen molar-refractivity contribution >= 4 is 23.6 Å². The first kappa shape index (κ1) is 15.7. The molecule has 0 fully saturated rings. The Bertz CT molecular complexity index is 281. The maximum absolute atomic E-state index is 11.4. The van der Waals surface area contributed by atoms with Crippen LogP contribution in [0.25, 0.3) is 0 Å². The van der Waals surface area contributed by atoms with Crippen molar-refractivity contribution in [2.45, 2.75) is 58.3 Å². The summed E-state index contributed by atoms with van der Waals surface area (Å²) in [7, 11) is 0. The van der Waals surface area contributed by atoms with Gasteiger partial charge in [0.25, 0.3) is 0 Å². The van der Waals surface area contributed by atoms with Crippen molar-refractivity contribution in [2.24, 2.45) is 0 Å². The highest BCUT2D eigenvalue weighted by atomic mass is 16.1. The molecule has 4 heteroatoms. The molecule has 96 valence electrons. The number of aldehydes is 1. The number of hydrogen-bond donors (Lipinski definition) is 0. The lowest BCUT2D eigenvalue weighted by Crippen LogP contribution is -2.04. The Morgan fingerprint density at radius 1 is 0.824 bits per heavy atom. The van der Waals surface area contributed by atoms with E-state index < -0.39 is 0 Å². The van der Waals surface area contributed by atoms with E-state index in [1.54, 1.807) is 0 Å². The van der Waals surface area contributed by atoms with Gasteiger partial charge in [0.05, 0.1) is 0 Å². The highest BCUT2D eigenvalue weighted by molar-refractivity contribution is 5.86. The van der Waals surface area contributed by atoms with Crippen molar-refractivity contribution in [3.63, 3.8) is 0 Å². The van der Waals surface area contributed by atoms with Crippen LogP contribution in [0.2, 0.25) is 0 Å². The van der Waals surface area contributed by atoms with Crippen molar-refractivity contribution in [1.82, 2.24) is 0 Å². The fourth-order valence-electron chi connectivity index (χ4n) is 1.44. The van der Waals surface area contributed by atoms with E-state index in [1.165, 1.54) is 6.92 Å². The molecule has 0 saturated carbocycles. The van der Waals surface area contributed by atoms with Crippen LogP contribution in [-0.4, -0.2) is 23.6 Å². The molecule has 0 spiro atoms. The van der Waals surface area contributed by atoms with Crippen molar-refractivity contribution in [3.8, 4) is 0 Å². The van der Waals surface area contributed by atoms with E-state index in [9.17, 15) is 19.2 Å². The van der Waals surface area contributed by atoms with Gasteiger partial charge in [-0.25, -0.2) is 0 Å². The average Bonchev–Trinajstić information content (AvgIpc) is 2.29. The summed E-state index contributed by atoms with van der Waals surface area (Å²) in [5, 5.41) is 0. The van der Waals surface area contributed by atoms with Crippen LogP contribution in [0.1, 0.15) is 58.3 Å². The largest absolute Gasteiger partial charge is 0.303 e. The fraction of sp³-hybridized carbons (Fsp3) is 0.692. The average molecular weight is 240 g/mol. The van der Waals surface area contributed by atoms with E-state index in [0.29, 0.717) is 25.5 Å². The zero-order chi connectivity index (χ0) is 13.1. The summed E-state index contributed by atoms with van der Waals surface area (Å²) in [4.78, 5) is 43.2. The van der Waals surface area contributed by atoms with Gasteiger partial charge in [-0.2, -0.15) is 0 Å². The minimum absolute atomic E-state index is 0.0332. The summed E-state index contributed by atoms with van der Waals surface area (Å²) in [5.74, 6) is 0.170. The number of carbonyl (C=O) groups is 4. The van der Waals surface area contributed by atoms with Crippen LogP contribution in [0.5, 0.6) is 0 Å². The summed E-state index contributed by atoms with van der Waals surface area (Å²) >= 11 is 0. The van der Waals surface area contributed by atoms with Gasteiger partial charge < -0.3 is 9.59 Å². The second-order valence-electron chi connectivity index (χ2n) is 4.19. The van der Waals surface area contributed by atoms with E-state index in [0.717, 1.165) is 6.42 Å². The fourth-order valence-corrected chi connectivity index (χ4v) is 1.44. The molecule has 0 aliphatic carbocycles. The SMILES string of the molecule is CC(=O)CCCCC(=O)CCC(=O)CCC=O. The van der Waals surface area contributed by atoms with E-state index in [2.05, 4.69) is 0 Å². The second kappa shape index (κ2) is 9.87. The molecule has 0 aliphatic heterocycles. The van der Waals surface area contributed by atoms with Gasteiger partial charge >= 0.3 is 0 Å². The molecule has 0 amide bonds. The van der Waals surface area contributed by atoms with E-state index >= 15 is 0 Å². The summed E-state index contributed by atoms with van der Waals surface area (Å²) < 4.78 is 0. The molecular weight excluding hydrogens is 220 g/mol. The number of Topliss-reactive ketones (excluding diaryl/α,β-unsaturated/α-hetero) is 3.